The third-order valence-corrected chi connectivity index (χ3v) is 4.36. The molecule has 3 aromatic rings. The summed E-state index contributed by atoms with van der Waals surface area (Å²) in [4.78, 5) is 18.6. The van der Waals surface area contributed by atoms with Gasteiger partial charge in [-0.2, -0.15) is 0 Å². The standard InChI is InChI=1S/C22H22N2O2/c1-24(15-12-17-10-13-23-14-11-17)22(25)19-8-9-21(26-2)20(16-19)18-6-4-3-5-7-18/h3-11,13-14,16H,12,15H2,1-2H3. The number of carbonyl (C=O) groups excluding carboxylic acids is 1. The molecule has 132 valence electrons. The molecule has 3 rings (SSSR count). The summed E-state index contributed by atoms with van der Waals surface area (Å²) < 4.78 is 5.47. The molecule has 0 fully saturated rings. The Morgan fingerprint density at radius 3 is 2.46 bits per heavy atom. The van der Waals surface area contributed by atoms with Gasteiger partial charge in [-0.15, -0.1) is 0 Å². The Labute approximate surface area is 154 Å². The highest BCUT2D eigenvalue weighted by atomic mass is 16.5. The Kier molecular flexibility index (Phi) is 5.64. The molecule has 0 aliphatic carbocycles. The van der Waals surface area contributed by atoms with Crippen LogP contribution in [0.2, 0.25) is 0 Å². The first-order valence-corrected chi connectivity index (χ1v) is 8.57. The molecule has 0 saturated carbocycles. The van der Waals surface area contributed by atoms with Gasteiger partial charge in [0, 0.05) is 37.1 Å². The minimum absolute atomic E-state index is 0.00103. The number of hydrogen-bond acceptors (Lipinski definition) is 3. The highest BCUT2D eigenvalue weighted by Crippen LogP contribution is 2.31. The molecule has 0 unspecified atom stereocenters. The van der Waals surface area contributed by atoms with Gasteiger partial charge in [0.25, 0.3) is 5.91 Å². The van der Waals surface area contributed by atoms with Gasteiger partial charge in [0.2, 0.25) is 0 Å². The minimum Gasteiger partial charge on any atom is -0.496 e. The van der Waals surface area contributed by atoms with Crippen LogP contribution in [0.25, 0.3) is 11.1 Å². The van der Waals surface area contributed by atoms with Crippen LogP contribution in [0.5, 0.6) is 5.75 Å². The lowest BCUT2D eigenvalue weighted by Gasteiger charge is -2.18. The predicted octanol–water partition coefficient (Wildman–Crippen LogP) is 4.07. The van der Waals surface area contributed by atoms with Gasteiger partial charge in [-0.3, -0.25) is 9.78 Å². The van der Waals surface area contributed by atoms with Crippen molar-refractivity contribution in [3.05, 3.63) is 84.2 Å². The van der Waals surface area contributed by atoms with Crippen LogP contribution in [-0.2, 0) is 6.42 Å². The fourth-order valence-electron chi connectivity index (χ4n) is 2.85. The molecule has 0 aliphatic rings. The Morgan fingerprint density at radius 2 is 1.77 bits per heavy atom. The summed E-state index contributed by atoms with van der Waals surface area (Å²) >= 11 is 0. The highest BCUT2D eigenvalue weighted by molar-refractivity contribution is 5.96. The molecule has 4 nitrogen and oxygen atoms in total. The third kappa shape index (κ3) is 4.09. The van der Waals surface area contributed by atoms with Gasteiger partial charge in [0.05, 0.1) is 7.11 Å². The SMILES string of the molecule is COc1ccc(C(=O)N(C)CCc2ccncc2)cc1-c1ccccc1. The quantitative estimate of drug-likeness (QED) is 0.676. The summed E-state index contributed by atoms with van der Waals surface area (Å²) in [6.07, 6.45) is 4.34. The molecule has 1 heterocycles. The Bertz CT molecular complexity index is 864. The van der Waals surface area contributed by atoms with Crippen LogP contribution in [0.3, 0.4) is 0 Å². The number of ether oxygens (including phenoxy) is 1. The van der Waals surface area contributed by atoms with E-state index in [0.717, 1.165) is 23.3 Å². The number of benzene rings is 2. The number of likely N-dealkylation sites (N-methyl/N-ethyl adjacent to an activating group) is 1. The third-order valence-electron chi connectivity index (χ3n) is 4.36. The summed E-state index contributed by atoms with van der Waals surface area (Å²) in [5.41, 5.74) is 3.76. The topological polar surface area (TPSA) is 42.4 Å². The summed E-state index contributed by atoms with van der Waals surface area (Å²) in [5, 5.41) is 0. The van der Waals surface area contributed by atoms with Gasteiger partial charge in [0.15, 0.2) is 0 Å². The monoisotopic (exact) mass is 346 g/mol. The van der Waals surface area contributed by atoms with Crippen LogP contribution in [0.4, 0.5) is 0 Å². The lowest BCUT2D eigenvalue weighted by atomic mass is 10.0. The largest absolute Gasteiger partial charge is 0.496 e. The number of amides is 1. The first-order chi connectivity index (χ1) is 12.7. The predicted molar refractivity (Wildman–Crippen MR) is 103 cm³/mol. The van der Waals surface area contributed by atoms with E-state index < -0.39 is 0 Å². The average molecular weight is 346 g/mol. The summed E-state index contributed by atoms with van der Waals surface area (Å²) in [7, 11) is 3.47. The number of rotatable bonds is 6. The smallest absolute Gasteiger partial charge is 0.253 e. The van der Waals surface area contributed by atoms with Crippen molar-refractivity contribution in [3.8, 4) is 16.9 Å². The molecule has 2 aromatic carbocycles. The van der Waals surface area contributed by atoms with Crippen LogP contribution < -0.4 is 4.74 Å². The van der Waals surface area contributed by atoms with Crippen LogP contribution in [0.15, 0.2) is 73.1 Å². The molecule has 26 heavy (non-hydrogen) atoms. The van der Waals surface area contributed by atoms with E-state index in [4.69, 9.17) is 4.74 Å². The number of hydrogen-bond donors (Lipinski definition) is 0. The van der Waals surface area contributed by atoms with Crippen molar-refractivity contribution in [2.24, 2.45) is 0 Å². The zero-order valence-corrected chi connectivity index (χ0v) is 15.1. The zero-order valence-electron chi connectivity index (χ0n) is 15.1. The molecule has 0 N–H and O–H groups in total. The zero-order chi connectivity index (χ0) is 18.4. The van der Waals surface area contributed by atoms with Gasteiger partial charge >= 0.3 is 0 Å². The summed E-state index contributed by atoms with van der Waals surface area (Å²) in [5.74, 6) is 0.756. The van der Waals surface area contributed by atoms with Gasteiger partial charge in [-0.25, -0.2) is 0 Å². The van der Waals surface area contributed by atoms with Crippen molar-refractivity contribution in [2.45, 2.75) is 6.42 Å². The second-order valence-electron chi connectivity index (χ2n) is 6.11. The van der Waals surface area contributed by atoms with E-state index in [2.05, 4.69) is 4.98 Å². The minimum atomic E-state index is -0.00103. The average Bonchev–Trinajstić information content (AvgIpc) is 2.72. The highest BCUT2D eigenvalue weighted by Gasteiger charge is 2.15. The second kappa shape index (κ2) is 8.30. The van der Waals surface area contributed by atoms with E-state index in [0.29, 0.717) is 12.1 Å². The van der Waals surface area contributed by atoms with E-state index in [-0.39, 0.29) is 5.91 Å². The van der Waals surface area contributed by atoms with Crippen LogP contribution in [-0.4, -0.2) is 36.5 Å². The number of methoxy groups -OCH3 is 1. The molecule has 0 aliphatic heterocycles. The van der Waals surface area contributed by atoms with Gasteiger partial charge in [-0.1, -0.05) is 30.3 Å². The lowest BCUT2D eigenvalue weighted by Crippen LogP contribution is -2.28. The molecule has 0 radical (unpaired) electrons. The molecule has 0 spiro atoms. The summed E-state index contributed by atoms with van der Waals surface area (Å²) in [6, 6.07) is 19.5. The normalized spacial score (nSPS) is 10.4. The van der Waals surface area contributed by atoms with Crippen molar-refractivity contribution in [3.63, 3.8) is 0 Å². The number of carbonyl (C=O) groups is 1. The van der Waals surface area contributed by atoms with Crippen molar-refractivity contribution in [2.75, 3.05) is 20.7 Å². The Balaban J connectivity index is 1.78. The molecule has 1 aromatic heterocycles. The van der Waals surface area contributed by atoms with Gasteiger partial charge < -0.3 is 9.64 Å². The number of nitrogens with zero attached hydrogens (tertiary/aromatic N) is 2. The molecule has 0 atom stereocenters. The lowest BCUT2D eigenvalue weighted by molar-refractivity contribution is 0.0796. The fraction of sp³-hybridized carbons (Fsp3) is 0.182. The van der Waals surface area contributed by atoms with Gasteiger partial charge in [-0.05, 0) is 47.9 Å². The molecule has 0 bridgehead atoms. The van der Waals surface area contributed by atoms with Gasteiger partial charge in [0.1, 0.15) is 5.75 Å². The maximum absolute atomic E-state index is 12.8. The number of aromatic nitrogens is 1. The van der Waals surface area contributed by atoms with E-state index in [1.807, 2.05) is 67.7 Å². The Morgan fingerprint density at radius 1 is 1.04 bits per heavy atom. The second-order valence-corrected chi connectivity index (χ2v) is 6.11. The number of pyridine rings is 1. The van der Waals surface area contributed by atoms with E-state index in [1.165, 1.54) is 5.56 Å². The van der Waals surface area contributed by atoms with Crippen LogP contribution >= 0.6 is 0 Å². The van der Waals surface area contributed by atoms with Crippen molar-refractivity contribution < 1.29 is 9.53 Å². The van der Waals surface area contributed by atoms with E-state index in [1.54, 1.807) is 24.4 Å². The van der Waals surface area contributed by atoms with Crippen molar-refractivity contribution in [1.29, 1.82) is 0 Å². The first kappa shape index (κ1) is 17.7. The maximum Gasteiger partial charge on any atom is 0.253 e. The molecule has 4 heteroatoms. The summed E-state index contributed by atoms with van der Waals surface area (Å²) in [6.45, 7) is 0.648. The van der Waals surface area contributed by atoms with Crippen LogP contribution in [0.1, 0.15) is 15.9 Å². The molecule has 1 amide bonds. The maximum atomic E-state index is 12.8. The van der Waals surface area contributed by atoms with E-state index >= 15 is 0 Å². The molecule has 0 saturated heterocycles. The van der Waals surface area contributed by atoms with Crippen molar-refractivity contribution in [1.82, 2.24) is 9.88 Å². The molecular weight excluding hydrogens is 324 g/mol. The van der Waals surface area contributed by atoms with Crippen molar-refractivity contribution >= 4 is 5.91 Å². The first-order valence-electron chi connectivity index (χ1n) is 8.57. The fourth-order valence-corrected chi connectivity index (χ4v) is 2.85. The van der Waals surface area contributed by atoms with E-state index in [9.17, 15) is 4.79 Å². The Hall–Kier alpha value is -3.14. The molecular formula is C22H22N2O2. The van der Waals surface area contributed by atoms with Crippen LogP contribution in [0, 0.1) is 0 Å².